The Balaban J connectivity index is 2.39. The maximum atomic E-state index is 13.0. The third-order valence-electron chi connectivity index (χ3n) is 4.28. The summed E-state index contributed by atoms with van der Waals surface area (Å²) in [7, 11) is 2.93. The molecule has 0 aliphatic heterocycles. The zero-order valence-corrected chi connectivity index (χ0v) is 20.4. The monoisotopic (exact) mass is 497 g/mol. The molecule has 2 aromatic rings. The molecule has 33 heavy (non-hydrogen) atoms. The van der Waals surface area contributed by atoms with Gasteiger partial charge in [0.1, 0.15) is 11.4 Å². The highest BCUT2D eigenvalue weighted by molar-refractivity contribution is 6.39. The number of hydrogen-bond acceptors (Lipinski definition) is 8. The Morgan fingerprint density at radius 1 is 1.03 bits per heavy atom. The van der Waals surface area contributed by atoms with Crippen LogP contribution in [0.1, 0.15) is 20.8 Å². The number of nitrogens with zero attached hydrogens (tertiary/aromatic N) is 3. The minimum atomic E-state index is -1.50. The molecule has 0 aromatic heterocycles. The highest BCUT2D eigenvalue weighted by Gasteiger charge is 2.29. The molecule has 1 atom stereocenters. The molecule has 11 heteroatoms. The van der Waals surface area contributed by atoms with Crippen molar-refractivity contribution in [2.24, 2.45) is 10.2 Å². The van der Waals surface area contributed by atoms with Crippen molar-refractivity contribution in [2.75, 3.05) is 31.9 Å². The molecule has 0 bridgehead atoms. The number of carbonyl (C=O) groups is 2. The number of hydrogen-bond donors (Lipinski definition) is 0. The molecule has 0 radical (unpaired) electrons. The Morgan fingerprint density at radius 2 is 1.70 bits per heavy atom. The zero-order chi connectivity index (χ0) is 24.5. The van der Waals surface area contributed by atoms with Crippen LogP contribution in [0.3, 0.4) is 0 Å². The Labute approximate surface area is 202 Å². The molecule has 0 N–H and O–H groups in total. The normalized spacial score (nSPS) is 11.7. The summed E-state index contributed by atoms with van der Waals surface area (Å²) in [5.74, 6) is 0.151. The summed E-state index contributed by atoms with van der Waals surface area (Å²) in [5.41, 5.74) is 0.469. The van der Waals surface area contributed by atoms with Gasteiger partial charge in [-0.25, -0.2) is 4.42 Å². The van der Waals surface area contributed by atoms with Gasteiger partial charge in [0.05, 0.1) is 38.1 Å². The SMILES string of the molecule is CCOc1cc(Cl)c(OCC)c(N=NC(C(C)=O)C(=O)N(Cl)c2ccc(OC)c(OC)c2)c1. The molecule has 0 saturated carbocycles. The number of ketones is 1. The summed E-state index contributed by atoms with van der Waals surface area (Å²) in [6.07, 6.45) is 0. The van der Waals surface area contributed by atoms with Gasteiger partial charge < -0.3 is 18.9 Å². The molecule has 0 spiro atoms. The first-order chi connectivity index (χ1) is 15.8. The maximum absolute atomic E-state index is 13.0. The quantitative estimate of drug-likeness (QED) is 0.234. The fraction of sp³-hybridized carbons (Fsp3) is 0.364. The Hall–Kier alpha value is -3.04. The summed E-state index contributed by atoms with van der Waals surface area (Å²) < 4.78 is 22.2. The van der Waals surface area contributed by atoms with Crippen LogP contribution in [-0.2, 0) is 9.59 Å². The number of halogens is 2. The Bertz CT molecular complexity index is 1030. The highest BCUT2D eigenvalue weighted by atomic mass is 35.5. The third-order valence-corrected chi connectivity index (χ3v) is 4.93. The lowest BCUT2D eigenvalue weighted by molar-refractivity contribution is -0.126. The molecule has 2 rings (SSSR count). The van der Waals surface area contributed by atoms with Gasteiger partial charge in [-0.2, -0.15) is 10.2 Å². The third kappa shape index (κ3) is 6.49. The van der Waals surface area contributed by atoms with E-state index in [-0.39, 0.29) is 22.1 Å². The number of Topliss-reactive ketones (excluding diaryl/α,β-unsaturated/α-hetero) is 1. The summed E-state index contributed by atoms with van der Waals surface area (Å²) >= 11 is 12.5. The van der Waals surface area contributed by atoms with Crippen LogP contribution >= 0.6 is 23.4 Å². The number of carbonyl (C=O) groups excluding carboxylic acids is 2. The van der Waals surface area contributed by atoms with Crippen LogP contribution in [0.25, 0.3) is 0 Å². The molecule has 0 aliphatic rings. The van der Waals surface area contributed by atoms with Crippen molar-refractivity contribution in [1.29, 1.82) is 0 Å². The molecule has 9 nitrogen and oxygen atoms in total. The fourth-order valence-corrected chi connectivity index (χ4v) is 3.23. The summed E-state index contributed by atoms with van der Waals surface area (Å²) in [6.45, 7) is 5.54. The lowest BCUT2D eigenvalue weighted by Gasteiger charge is -2.18. The summed E-state index contributed by atoms with van der Waals surface area (Å²) in [4.78, 5) is 25.2. The van der Waals surface area contributed by atoms with Crippen molar-refractivity contribution in [3.63, 3.8) is 0 Å². The van der Waals surface area contributed by atoms with Gasteiger partial charge in [0, 0.05) is 30.0 Å². The van der Waals surface area contributed by atoms with Gasteiger partial charge >= 0.3 is 0 Å². The van der Waals surface area contributed by atoms with E-state index >= 15 is 0 Å². The average Bonchev–Trinajstić information content (AvgIpc) is 2.80. The second-order valence-electron chi connectivity index (χ2n) is 6.51. The van der Waals surface area contributed by atoms with Crippen molar-refractivity contribution >= 4 is 46.4 Å². The van der Waals surface area contributed by atoms with Gasteiger partial charge in [-0.3, -0.25) is 9.59 Å². The van der Waals surface area contributed by atoms with E-state index in [2.05, 4.69) is 10.2 Å². The largest absolute Gasteiger partial charge is 0.494 e. The number of methoxy groups -OCH3 is 2. The van der Waals surface area contributed by atoms with Crippen LogP contribution in [-0.4, -0.2) is 45.2 Å². The van der Waals surface area contributed by atoms with E-state index in [0.717, 1.165) is 4.42 Å². The van der Waals surface area contributed by atoms with Crippen molar-refractivity contribution in [1.82, 2.24) is 0 Å². The van der Waals surface area contributed by atoms with E-state index in [4.69, 9.17) is 42.3 Å². The van der Waals surface area contributed by atoms with Gasteiger partial charge in [-0.1, -0.05) is 11.6 Å². The number of ether oxygens (including phenoxy) is 4. The highest BCUT2D eigenvalue weighted by Crippen LogP contribution is 2.40. The van der Waals surface area contributed by atoms with Crippen molar-refractivity contribution in [3.05, 3.63) is 35.4 Å². The van der Waals surface area contributed by atoms with Gasteiger partial charge in [0.2, 0.25) is 6.04 Å². The molecule has 0 heterocycles. The standard InChI is InChI=1S/C22H25Cl2N3O6/c1-6-32-15-11-16(23)21(33-7-2)17(12-15)25-26-20(13(3)28)22(29)27(24)14-8-9-18(30-4)19(10-14)31-5/h8-12,20H,6-7H2,1-5H3. The molecule has 0 aliphatic carbocycles. The van der Waals surface area contributed by atoms with Gasteiger partial charge in [-0.05, 0) is 32.9 Å². The maximum Gasteiger partial charge on any atom is 0.276 e. The molecule has 1 amide bonds. The van der Waals surface area contributed by atoms with Crippen LogP contribution in [0.15, 0.2) is 40.6 Å². The number of amides is 1. The molecular formula is C22H25Cl2N3O6. The minimum absolute atomic E-state index is 0.207. The fourth-order valence-electron chi connectivity index (χ4n) is 2.77. The Kier molecular flexibility index (Phi) is 9.74. The summed E-state index contributed by atoms with van der Waals surface area (Å²) in [5, 5.41) is 8.28. The first kappa shape index (κ1) is 26.2. The van der Waals surface area contributed by atoms with E-state index < -0.39 is 17.7 Å². The van der Waals surface area contributed by atoms with Crippen LogP contribution in [0, 0.1) is 0 Å². The van der Waals surface area contributed by atoms with Crippen LogP contribution in [0.2, 0.25) is 5.02 Å². The minimum Gasteiger partial charge on any atom is -0.494 e. The number of azo groups is 1. The molecule has 0 saturated heterocycles. The van der Waals surface area contributed by atoms with E-state index in [1.54, 1.807) is 31.2 Å². The zero-order valence-electron chi connectivity index (χ0n) is 18.9. The van der Waals surface area contributed by atoms with E-state index in [9.17, 15) is 9.59 Å². The lowest BCUT2D eigenvalue weighted by atomic mass is 10.2. The molecule has 1 unspecified atom stereocenters. The van der Waals surface area contributed by atoms with Crippen molar-refractivity contribution < 1.29 is 28.5 Å². The van der Waals surface area contributed by atoms with Crippen molar-refractivity contribution in [3.8, 4) is 23.0 Å². The molecule has 178 valence electrons. The second-order valence-corrected chi connectivity index (χ2v) is 7.25. The van der Waals surface area contributed by atoms with E-state index in [1.807, 2.05) is 6.92 Å². The molecule has 2 aromatic carbocycles. The van der Waals surface area contributed by atoms with Gasteiger partial charge in [0.25, 0.3) is 5.91 Å². The number of anilines is 1. The van der Waals surface area contributed by atoms with E-state index in [0.29, 0.717) is 30.5 Å². The average molecular weight is 498 g/mol. The first-order valence-electron chi connectivity index (χ1n) is 9.99. The van der Waals surface area contributed by atoms with Gasteiger partial charge in [-0.15, -0.1) is 0 Å². The van der Waals surface area contributed by atoms with Crippen LogP contribution in [0.5, 0.6) is 23.0 Å². The van der Waals surface area contributed by atoms with Crippen LogP contribution < -0.4 is 23.4 Å². The predicted molar refractivity (Wildman–Crippen MR) is 126 cm³/mol. The second kappa shape index (κ2) is 12.3. The predicted octanol–water partition coefficient (Wildman–Crippen LogP) is 5.38. The van der Waals surface area contributed by atoms with Crippen LogP contribution in [0.4, 0.5) is 11.4 Å². The van der Waals surface area contributed by atoms with Crippen molar-refractivity contribution in [2.45, 2.75) is 26.8 Å². The number of benzene rings is 2. The topological polar surface area (TPSA) is 99.0 Å². The number of rotatable bonds is 11. The molecule has 0 fully saturated rings. The molecular weight excluding hydrogens is 473 g/mol. The summed E-state index contributed by atoms with van der Waals surface area (Å²) in [6, 6.07) is 6.25. The smallest absolute Gasteiger partial charge is 0.276 e. The van der Waals surface area contributed by atoms with E-state index in [1.165, 1.54) is 27.2 Å². The first-order valence-corrected chi connectivity index (χ1v) is 10.7. The lowest BCUT2D eigenvalue weighted by Crippen LogP contribution is -2.36. The van der Waals surface area contributed by atoms with Gasteiger partial charge in [0.15, 0.2) is 23.0 Å². The Morgan fingerprint density at radius 3 is 2.27 bits per heavy atom.